The molecule has 20 heavy (non-hydrogen) atoms. The molecular formula is C15H24N4O. The molecule has 2 rings (SSSR count). The van der Waals surface area contributed by atoms with Gasteiger partial charge in [-0.05, 0) is 25.3 Å². The van der Waals surface area contributed by atoms with Gasteiger partial charge < -0.3 is 4.90 Å². The summed E-state index contributed by atoms with van der Waals surface area (Å²) in [6.07, 6.45) is 6.89. The van der Waals surface area contributed by atoms with Gasteiger partial charge in [0.1, 0.15) is 5.54 Å². The highest BCUT2D eigenvalue weighted by Gasteiger charge is 2.50. The fraction of sp³-hybridized carbons (Fsp3) is 0.667. The molecule has 1 unspecified atom stereocenters. The summed E-state index contributed by atoms with van der Waals surface area (Å²) >= 11 is 0. The van der Waals surface area contributed by atoms with E-state index in [0.29, 0.717) is 5.92 Å². The maximum atomic E-state index is 12.9. The topological polar surface area (TPSA) is 49.3 Å². The van der Waals surface area contributed by atoms with Crippen molar-refractivity contribution in [3.05, 3.63) is 24.3 Å². The van der Waals surface area contributed by atoms with Crippen molar-refractivity contribution in [1.29, 1.82) is 0 Å². The lowest BCUT2D eigenvalue weighted by Crippen LogP contribution is -2.54. The van der Waals surface area contributed by atoms with Crippen LogP contribution in [-0.4, -0.2) is 52.9 Å². The van der Waals surface area contributed by atoms with Gasteiger partial charge in [-0.3, -0.25) is 19.7 Å². The maximum Gasteiger partial charge on any atom is 0.248 e. The molecule has 5 heteroatoms. The molecule has 0 bridgehead atoms. The molecular weight excluding hydrogens is 252 g/mol. The summed E-state index contributed by atoms with van der Waals surface area (Å²) in [7, 11) is 3.62. The van der Waals surface area contributed by atoms with E-state index in [4.69, 9.17) is 0 Å². The second-order valence-electron chi connectivity index (χ2n) is 6.09. The third kappa shape index (κ3) is 2.54. The SMILES string of the molecule is CC(C)CN1CCCC1(C(=O)N(C)C)c1cnccn1. The van der Waals surface area contributed by atoms with Crippen LogP contribution in [0, 0.1) is 5.92 Å². The molecule has 1 aliphatic rings. The highest BCUT2D eigenvalue weighted by molar-refractivity contribution is 5.87. The van der Waals surface area contributed by atoms with E-state index < -0.39 is 5.54 Å². The summed E-state index contributed by atoms with van der Waals surface area (Å²) in [5.41, 5.74) is 0.138. The first kappa shape index (κ1) is 14.9. The number of amides is 1. The van der Waals surface area contributed by atoms with Crippen molar-refractivity contribution in [1.82, 2.24) is 19.8 Å². The molecule has 110 valence electrons. The molecule has 0 aromatic carbocycles. The van der Waals surface area contributed by atoms with E-state index in [9.17, 15) is 4.79 Å². The van der Waals surface area contributed by atoms with E-state index in [1.54, 1.807) is 23.5 Å². The van der Waals surface area contributed by atoms with E-state index in [1.165, 1.54) is 0 Å². The number of hydrogen-bond acceptors (Lipinski definition) is 4. The van der Waals surface area contributed by atoms with Crippen LogP contribution >= 0.6 is 0 Å². The van der Waals surface area contributed by atoms with Crippen LogP contribution in [0.5, 0.6) is 0 Å². The molecule has 1 aliphatic heterocycles. The van der Waals surface area contributed by atoms with Gasteiger partial charge in [-0.15, -0.1) is 0 Å². The molecule has 0 radical (unpaired) electrons. The van der Waals surface area contributed by atoms with Crippen molar-refractivity contribution < 1.29 is 4.79 Å². The Hall–Kier alpha value is -1.49. The van der Waals surface area contributed by atoms with Gasteiger partial charge >= 0.3 is 0 Å². The van der Waals surface area contributed by atoms with Crippen LogP contribution in [0.4, 0.5) is 0 Å². The third-order valence-electron chi connectivity index (χ3n) is 3.84. The largest absolute Gasteiger partial charge is 0.347 e. The third-order valence-corrected chi connectivity index (χ3v) is 3.84. The van der Waals surface area contributed by atoms with Crippen molar-refractivity contribution in [2.24, 2.45) is 5.92 Å². The monoisotopic (exact) mass is 276 g/mol. The maximum absolute atomic E-state index is 12.9. The van der Waals surface area contributed by atoms with Crippen LogP contribution in [0.3, 0.4) is 0 Å². The second-order valence-corrected chi connectivity index (χ2v) is 6.09. The summed E-state index contributed by atoms with van der Waals surface area (Å²) in [5, 5.41) is 0. The first-order valence-corrected chi connectivity index (χ1v) is 7.21. The first-order chi connectivity index (χ1) is 9.48. The lowest BCUT2D eigenvalue weighted by Gasteiger charge is -2.39. The van der Waals surface area contributed by atoms with E-state index in [1.807, 2.05) is 14.1 Å². The van der Waals surface area contributed by atoms with E-state index in [2.05, 4.69) is 28.7 Å². The number of hydrogen-bond donors (Lipinski definition) is 0. The molecule has 1 saturated heterocycles. The number of carbonyl (C=O) groups excluding carboxylic acids is 1. The molecule has 0 spiro atoms. The van der Waals surface area contributed by atoms with E-state index in [0.717, 1.165) is 31.6 Å². The number of rotatable bonds is 4. The summed E-state index contributed by atoms with van der Waals surface area (Å²) in [6, 6.07) is 0. The van der Waals surface area contributed by atoms with Crippen LogP contribution in [0.1, 0.15) is 32.4 Å². The standard InChI is InChI=1S/C15H24N4O/c1-12(2)11-19-9-5-6-15(19,14(20)18(3)4)13-10-16-7-8-17-13/h7-8,10,12H,5-6,9,11H2,1-4H3. The van der Waals surface area contributed by atoms with Crippen molar-refractivity contribution in [3.63, 3.8) is 0 Å². The number of likely N-dealkylation sites (tertiary alicyclic amines) is 1. The second kappa shape index (κ2) is 5.87. The Balaban J connectivity index is 2.46. The Labute approximate surface area is 121 Å². The molecule has 0 saturated carbocycles. The average molecular weight is 276 g/mol. The van der Waals surface area contributed by atoms with Crippen LogP contribution in [0.2, 0.25) is 0 Å². The zero-order chi connectivity index (χ0) is 14.8. The minimum absolute atomic E-state index is 0.108. The summed E-state index contributed by atoms with van der Waals surface area (Å²) < 4.78 is 0. The molecule has 1 fully saturated rings. The molecule has 1 atom stereocenters. The first-order valence-electron chi connectivity index (χ1n) is 7.21. The van der Waals surface area contributed by atoms with Crippen LogP contribution in [-0.2, 0) is 10.3 Å². The fourth-order valence-electron chi connectivity index (χ4n) is 3.09. The summed E-state index contributed by atoms with van der Waals surface area (Å²) in [5.74, 6) is 0.621. The number of carbonyl (C=O) groups is 1. The summed E-state index contributed by atoms with van der Waals surface area (Å²) in [4.78, 5) is 25.4. The summed E-state index contributed by atoms with van der Waals surface area (Å²) in [6.45, 7) is 6.20. The zero-order valence-electron chi connectivity index (χ0n) is 12.8. The number of nitrogens with zero attached hydrogens (tertiary/aromatic N) is 4. The Bertz CT molecular complexity index is 460. The van der Waals surface area contributed by atoms with Gasteiger partial charge in [0, 0.05) is 33.0 Å². The predicted octanol–water partition coefficient (Wildman–Crippen LogP) is 1.51. The smallest absolute Gasteiger partial charge is 0.248 e. The van der Waals surface area contributed by atoms with Crippen LogP contribution in [0.15, 0.2) is 18.6 Å². The van der Waals surface area contributed by atoms with Gasteiger partial charge in [-0.1, -0.05) is 13.8 Å². The van der Waals surface area contributed by atoms with E-state index >= 15 is 0 Å². The van der Waals surface area contributed by atoms with Gasteiger partial charge in [-0.25, -0.2) is 0 Å². The quantitative estimate of drug-likeness (QED) is 0.836. The Kier molecular flexibility index (Phi) is 4.38. The van der Waals surface area contributed by atoms with Crippen molar-refractivity contribution >= 4 is 5.91 Å². The van der Waals surface area contributed by atoms with Gasteiger partial charge in [-0.2, -0.15) is 0 Å². The molecule has 1 aromatic rings. The molecule has 1 aromatic heterocycles. The van der Waals surface area contributed by atoms with Crippen molar-refractivity contribution in [3.8, 4) is 0 Å². The lowest BCUT2D eigenvalue weighted by atomic mass is 9.89. The predicted molar refractivity (Wildman–Crippen MR) is 78.0 cm³/mol. The van der Waals surface area contributed by atoms with Gasteiger partial charge in [0.05, 0.1) is 11.9 Å². The minimum Gasteiger partial charge on any atom is -0.347 e. The van der Waals surface area contributed by atoms with Crippen LogP contribution < -0.4 is 0 Å². The molecule has 0 N–H and O–H groups in total. The fourth-order valence-corrected chi connectivity index (χ4v) is 3.09. The highest BCUT2D eigenvalue weighted by atomic mass is 16.2. The zero-order valence-corrected chi connectivity index (χ0v) is 12.8. The Morgan fingerprint density at radius 1 is 1.45 bits per heavy atom. The highest BCUT2D eigenvalue weighted by Crippen LogP contribution is 2.39. The molecule has 0 aliphatic carbocycles. The minimum atomic E-state index is -0.637. The van der Waals surface area contributed by atoms with Gasteiger partial charge in [0.2, 0.25) is 5.91 Å². The van der Waals surface area contributed by atoms with Crippen molar-refractivity contribution in [2.75, 3.05) is 27.2 Å². The number of aromatic nitrogens is 2. The Morgan fingerprint density at radius 3 is 2.75 bits per heavy atom. The normalized spacial score (nSPS) is 23.2. The van der Waals surface area contributed by atoms with Crippen molar-refractivity contribution in [2.45, 2.75) is 32.2 Å². The number of likely N-dealkylation sites (N-methyl/N-ethyl adjacent to an activating group) is 1. The molecule has 2 heterocycles. The molecule has 1 amide bonds. The van der Waals surface area contributed by atoms with E-state index in [-0.39, 0.29) is 5.91 Å². The van der Waals surface area contributed by atoms with Gasteiger partial charge in [0.25, 0.3) is 0 Å². The molecule has 5 nitrogen and oxygen atoms in total. The average Bonchev–Trinajstić information content (AvgIpc) is 2.82. The van der Waals surface area contributed by atoms with Crippen LogP contribution in [0.25, 0.3) is 0 Å². The Morgan fingerprint density at radius 2 is 2.20 bits per heavy atom. The lowest BCUT2D eigenvalue weighted by molar-refractivity contribution is -0.141. The van der Waals surface area contributed by atoms with Gasteiger partial charge in [0.15, 0.2) is 0 Å².